The summed E-state index contributed by atoms with van der Waals surface area (Å²) < 4.78 is 5.23. The number of aromatic nitrogens is 6. The number of hydrogen-bond donors (Lipinski definition) is 2. The Morgan fingerprint density at radius 2 is 1.78 bits per heavy atom. The molecule has 160 valence electrons. The Kier molecular flexibility index (Phi) is 4.57. The summed E-state index contributed by atoms with van der Waals surface area (Å²) >= 11 is 0. The Labute approximate surface area is 184 Å². The van der Waals surface area contributed by atoms with Crippen molar-refractivity contribution in [1.82, 2.24) is 35.3 Å². The molecule has 1 aliphatic rings. The van der Waals surface area contributed by atoms with Gasteiger partial charge in [-0.1, -0.05) is 6.07 Å². The molecular weight excluding hydrogens is 402 g/mol. The second-order valence-electron chi connectivity index (χ2n) is 8.18. The number of hydrogen-bond acceptors (Lipinski definition) is 6. The van der Waals surface area contributed by atoms with Gasteiger partial charge in [-0.3, -0.25) is 15.1 Å². The molecule has 0 bridgehead atoms. The molecule has 5 aromatic rings. The largest absolute Gasteiger partial charge is 0.481 e. The van der Waals surface area contributed by atoms with E-state index in [0.29, 0.717) is 11.7 Å². The highest BCUT2D eigenvalue weighted by molar-refractivity contribution is 5.97. The minimum absolute atomic E-state index is 0.607. The Morgan fingerprint density at radius 3 is 2.66 bits per heavy atom. The molecule has 0 saturated carbocycles. The second kappa shape index (κ2) is 7.72. The number of aromatic amines is 2. The van der Waals surface area contributed by atoms with Crippen LogP contribution in [0.1, 0.15) is 18.7 Å². The molecule has 0 aliphatic carbocycles. The van der Waals surface area contributed by atoms with Gasteiger partial charge >= 0.3 is 0 Å². The molecular formula is C24H23N7O. The van der Waals surface area contributed by atoms with Crippen LogP contribution in [-0.2, 0) is 6.54 Å². The molecule has 0 spiro atoms. The molecule has 8 nitrogen and oxygen atoms in total. The zero-order chi connectivity index (χ0) is 21.5. The van der Waals surface area contributed by atoms with Gasteiger partial charge in [-0.2, -0.15) is 10.2 Å². The second-order valence-corrected chi connectivity index (χ2v) is 8.18. The molecule has 4 heterocycles. The van der Waals surface area contributed by atoms with Crippen molar-refractivity contribution in [1.29, 1.82) is 0 Å². The van der Waals surface area contributed by atoms with Gasteiger partial charge in [-0.15, -0.1) is 0 Å². The lowest BCUT2D eigenvalue weighted by atomic mass is 10.0. The van der Waals surface area contributed by atoms with Crippen molar-refractivity contribution in [3.05, 3.63) is 54.4 Å². The maximum absolute atomic E-state index is 5.23. The summed E-state index contributed by atoms with van der Waals surface area (Å²) in [5.41, 5.74) is 4.76. The van der Waals surface area contributed by atoms with Crippen LogP contribution in [-0.4, -0.2) is 55.5 Å². The first-order valence-corrected chi connectivity index (χ1v) is 10.8. The van der Waals surface area contributed by atoms with E-state index in [1.807, 2.05) is 36.4 Å². The third-order valence-electron chi connectivity index (χ3n) is 6.07. The van der Waals surface area contributed by atoms with E-state index in [4.69, 9.17) is 9.72 Å². The van der Waals surface area contributed by atoms with E-state index in [0.717, 1.165) is 64.1 Å². The van der Waals surface area contributed by atoms with Crippen molar-refractivity contribution >= 4 is 21.8 Å². The third-order valence-corrected chi connectivity index (χ3v) is 6.07. The molecule has 2 N–H and O–H groups in total. The zero-order valence-electron chi connectivity index (χ0n) is 17.8. The van der Waals surface area contributed by atoms with Crippen molar-refractivity contribution in [2.24, 2.45) is 0 Å². The van der Waals surface area contributed by atoms with Crippen LogP contribution in [0.2, 0.25) is 0 Å². The highest BCUT2D eigenvalue weighted by Gasteiger charge is 2.16. The molecule has 0 radical (unpaired) electrons. The van der Waals surface area contributed by atoms with Crippen molar-refractivity contribution in [2.75, 3.05) is 20.2 Å². The zero-order valence-corrected chi connectivity index (χ0v) is 17.8. The smallest absolute Gasteiger partial charge is 0.213 e. The minimum atomic E-state index is 0.607. The molecule has 0 unspecified atom stereocenters. The van der Waals surface area contributed by atoms with Crippen LogP contribution < -0.4 is 4.74 Å². The Morgan fingerprint density at radius 1 is 0.906 bits per heavy atom. The summed E-state index contributed by atoms with van der Waals surface area (Å²) in [6.07, 6.45) is 2.53. The van der Waals surface area contributed by atoms with Gasteiger partial charge in [0.05, 0.1) is 30.4 Å². The van der Waals surface area contributed by atoms with E-state index in [2.05, 4.69) is 42.4 Å². The normalized spacial score (nSPS) is 14.5. The van der Waals surface area contributed by atoms with Crippen molar-refractivity contribution in [2.45, 2.75) is 19.4 Å². The molecule has 32 heavy (non-hydrogen) atoms. The standard InChI is InChI=1S/C24H23N7O/c1-32-22-9-6-15-12-16(4-7-19(15)25-22)23-18-13-17(5-8-20(18)27-29-23)24-26-21(28-30-24)14-31-10-2-3-11-31/h4-9,12-13H,2-3,10-11,14H2,1H3,(H,27,29)(H,26,28,30). The Balaban J connectivity index is 1.35. The molecule has 1 aliphatic heterocycles. The first-order valence-electron chi connectivity index (χ1n) is 10.8. The third kappa shape index (κ3) is 3.38. The Bertz CT molecular complexity index is 1410. The number of methoxy groups -OCH3 is 1. The van der Waals surface area contributed by atoms with Crippen LogP contribution in [0.15, 0.2) is 48.5 Å². The lowest BCUT2D eigenvalue weighted by molar-refractivity contribution is 0.323. The molecule has 6 rings (SSSR count). The summed E-state index contributed by atoms with van der Waals surface area (Å²) in [4.78, 5) is 11.6. The maximum atomic E-state index is 5.23. The van der Waals surface area contributed by atoms with Crippen LogP contribution in [0, 0.1) is 0 Å². The predicted molar refractivity (Wildman–Crippen MR) is 123 cm³/mol. The number of rotatable bonds is 5. The molecule has 0 atom stereocenters. The fourth-order valence-corrected chi connectivity index (χ4v) is 4.39. The van der Waals surface area contributed by atoms with Gasteiger partial charge < -0.3 is 4.74 Å². The summed E-state index contributed by atoms with van der Waals surface area (Å²) in [5.74, 6) is 2.23. The predicted octanol–water partition coefficient (Wildman–Crippen LogP) is 4.17. The van der Waals surface area contributed by atoms with Gasteiger partial charge in [-0.05, 0) is 62.3 Å². The van der Waals surface area contributed by atoms with Crippen LogP contribution in [0.5, 0.6) is 5.88 Å². The topological polar surface area (TPSA) is 95.6 Å². The fraction of sp³-hybridized carbons (Fsp3) is 0.250. The van der Waals surface area contributed by atoms with Crippen molar-refractivity contribution in [3.63, 3.8) is 0 Å². The average Bonchev–Trinajstić information content (AvgIpc) is 3.59. The van der Waals surface area contributed by atoms with E-state index in [-0.39, 0.29) is 0 Å². The van der Waals surface area contributed by atoms with Crippen LogP contribution in [0.25, 0.3) is 44.5 Å². The highest BCUT2D eigenvalue weighted by atomic mass is 16.5. The molecule has 1 fully saturated rings. The van der Waals surface area contributed by atoms with E-state index < -0.39 is 0 Å². The van der Waals surface area contributed by atoms with Gasteiger partial charge in [0.15, 0.2) is 5.82 Å². The minimum Gasteiger partial charge on any atom is -0.481 e. The number of nitrogens with one attached hydrogen (secondary N) is 2. The molecule has 8 heteroatoms. The van der Waals surface area contributed by atoms with Gasteiger partial charge in [0.25, 0.3) is 0 Å². The van der Waals surface area contributed by atoms with Crippen LogP contribution in [0.3, 0.4) is 0 Å². The summed E-state index contributed by atoms with van der Waals surface area (Å²) in [6.45, 7) is 3.09. The number of H-pyrrole nitrogens is 2. The van der Waals surface area contributed by atoms with Gasteiger partial charge in [-0.25, -0.2) is 9.97 Å². The summed E-state index contributed by atoms with van der Waals surface area (Å²) in [5, 5.41) is 17.4. The number of pyridine rings is 1. The van der Waals surface area contributed by atoms with Crippen molar-refractivity contribution in [3.8, 4) is 28.5 Å². The Hall–Kier alpha value is -3.78. The van der Waals surface area contributed by atoms with E-state index in [9.17, 15) is 0 Å². The molecule has 3 aromatic heterocycles. The summed E-state index contributed by atoms with van der Waals surface area (Å²) in [7, 11) is 1.62. The van der Waals surface area contributed by atoms with Crippen LogP contribution >= 0.6 is 0 Å². The average molecular weight is 425 g/mol. The molecule has 1 saturated heterocycles. The maximum Gasteiger partial charge on any atom is 0.213 e. The highest BCUT2D eigenvalue weighted by Crippen LogP contribution is 2.31. The number of ether oxygens (including phenoxy) is 1. The van der Waals surface area contributed by atoms with E-state index in [1.165, 1.54) is 12.8 Å². The number of benzene rings is 2. The number of likely N-dealkylation sites (tertiary alicyclic amines) is 1. The first-order chi connectivity index (χ1) is 15.8. The monoisotopic (exact) mass is 425 g/mol. The van der Waals surface area contributed by atoms with Crippen molar-refractivity contribution < 1.29 is 4.74 Å². The van der Waals surface area contributed by atoms with Gasteiger partial charge in [0, 0.05) is 28.0 Å². The lowest BCUT2D eigenvalue weighted by Crippen LogP contribution is -2.19. The summed E-state index contributed by atoms with van der Waals surface area (Å²) in [6, 6.07) is 16.2. The van der Waals surface area contributed by atoms with Crippen LogP contribution in [0.4, 0.5) is 0 Å². The number of nitrogens with zero attached hydrogens (tertiary/aromatic N) is 5. The molecule has 2 aromatic carbocycles. The quantitative estimate of drug-likeness (QED) is 0.439. The first kappa shape index (κ1) is 18.9. The SMILES string of the molecule is COc1ccc2cc(-c3n[nH]c4ccc(-c5n[nH]c(CN6CCCC6)n5)cc34)ccc2n1. The molecule has 0 amide bonds. The lowest BCUT2D eigenvalue weighted by Gasteiger charge is -2.11. The number of fused-ring (bicyclic) bond motifs is 2. The van der Waals surface area contributed by atoms with E-state index in [1.54, 1.807) is 7.11 Å². The van der Waals surface area contributed by atoms with Gasteiger partial charge in [0.2, 0.25) is 5.88 Å². The van der Waals surface area contributed by atoms with E-state index >= 15 is 0 Å². The van der Waals surface area contributed by atoms with Gasteiger partial charge in [0.1, 0.15) is 5.82 Å². The fourth-order valence-electron chi connectivity index (χ4n) is 4.39.